The van der Waals surface area contributed by atoms with Gasteiger partial charge in [0.15, 0.2) is 5.82 Å². The molecule has 0 bridgehead atoms. The molecule has 0 fully saturated rings. The lowest BCUT2D eigenvalue weighted by Gasteiger charge is -2.11. The Morgan fingerprint density at radius 2 is 2.04 bits per heavy atom. The number of aromatic nitrogens is 3. The van der Waals surface area contributed by atoms with E-state index in [9.17, 15) is 15.2 Å². The van der Waals surface area contributed by atoms with Gasteiger partial charge in [-0.2, -0.15) is 14.9 Å². The second-order valence-corrected chi connectivity index (χ2v) is 6.38. The minimum atomic E-state index is -0.729. The van der Waals surface area contributed by atoms with E-state index in [1.165, 1.54) is 17.0 Å². The summed E-state index contributed by atoms with van der Waals surface area (Å²) in [6, 6.07) is 9.56. The summed E-state index contributed by atoms with van der Waals surface area (Å²) in [5.41, 5.74) is 1.86. The Bertz CT molecular complexity index is 1100. The lowest BCUT2D eigenvalue weighted by Crippen LogP contribution is -2.06. The van der Waals surface area contributed by atoms with Crippen LogP contribution in [0.15, 0.2) is 41.5 Å². The SMILES string of the molecule is Cc1cccc(C)c1OCc1n[nH]c(=S)n1/N=C\c1ccc([O-])c([N+](=O)[O-])c1. The fourth-order valence-electron chi connectivity index (χ4n) is 2.58. The molecule has 144 valence electrons. The minimum absolute atomic E-state index is 0.121. The number of nitrogens with zero attached hydrogens (tertiary/aromatic N) is 4. The van der Waals surface area contributed by atoms with Crippen LogP contribution in [0.1, 0.15) is 22.5 Å². The Morgan fingerprint density at radius 1 is 1.32 bits per heavy atom. The number of hydrogen-bond donors (Lipinski definition) is 1. The molecule has 1 aromatic heterocycles. The highest BCUT2D eigenvalue weighted by Gasteiger charge is 2.10. The van der Waals surface area contributed by atoms with E-state index >= 15 is 0 Å². The highest BCUT2D eigenvalue weighted by atomic mass is 32.1. The van der Waals surface area contributed by atoms with Crippen LogP contribution in [0.3, 0.4) is 0 Å². The minimum Gasteiger partial charge on any atom is -0.868 e. The van der Waals surface area contributed by atoms with Gasteiger partial charge in [0.1, 0.15) is 12.4 Å². The van der Waals surface area contributed by atoms with Gasteiger partial charge in [-0.05, 0) is 42.9 Å². The van der Waals surface area contributed by atoms with Crippen LogP contribution in [0, 0.1) is 28.7 Å². The summed E-state index contributed by atoms with van der Waals surface area (Å²) in [4.78, 5) is 10.2. The number of nitro groups is 1. The second-order valence-electron chi connectivity index (χ2n) is 6.00. The molecule has 28 heavy (non-hydrogen) atoms. The number of aromatic amines is 1. The van der Waals surface area contributed by atoms with Crippen LogP contribution in [0.25, 0.3) is 0 Å². The average molecular weight is 398 g/mol. The van der Waals surface area contributed by atoms with Crippen molar-refractivity contribution >= 4 is 24.1 Å². The smallest absolute Gasteiger partial charge is 0.262 e. The molecule has 0 amide bonds. The molecule has 0 unspecified atom stereocenters. The summed E-state index contributed by atoms with van der Waals surface area (Å²) in [6.07, 6.45) is 1.36. The Morgan fingerprint density at radius 3 is 2.71 bits per heavy atom. The highest BCUT2D eigenvalue weighted by molar-refractivity contribution is 7.71. The maximum atomic E-state index is 11.5. The molecule has 0 atom stereocenters. The van der Waals surface area contributed by atoms with Crippen molar-refractivity contribution in [2.75, 3.05) is 0 Å². The molecule has 3 rings (SSSR count). The molecule has 0 saturated carbocycles. The number of para-hydroxylation sites is 1. The third kappa shape index (κ3) is 4.07. The number of H-pyrrole nitrogens is 1. The Balaban J connectivity index is 1.84. The predicted molar refractivity (Wildman–Crippen MR) is 103 cm³/mol. The normalized spacial score (nSPS) is 11.1. The van der Waals surface area contributed by atoms with E-state index in [2.05, 4.69) is 15.3 Å². The van der Waals surface area contributed by atoms with Gasteiger partial charge < -0.3 is 9.84 Å². The van der Waals surface area contributed by atoms with Crippen molar-refractivity contribution in [2.45, 2.75) is 20.5 Å². The van der Waals surface area contributed by atoms with Crippen LogP contribution in [0.5, 0.6) is 11.5 Å². The molecule has 2 aromatic carbocycles. The van der Waals surface area contributed by atoms with Gasteiger partial charge in [0.05, 0.1) is 11.1 Å². The second kappa shape index (κ2) is 8.01. The molecular weight excluding hydrogens is 382 g/mol. The molecule has 0 aliphatic heterocycles. The molecule has 9 nitrogen and oxygen atoms in total. The number of nitrogens with one attached hydrogen (secondary N) is 1. The van der Waals surface area contributed by atoms with Crippen molar-refractivity contribution in [3.05, 3.63) is 73.8 Å². The highest BCUT2D eigenvalue weighted by Crippen LogP contribution is 2.24. The molecule has 0 saturated heterocycles. The lowest BCUT2D eigenvalue weighted by atomic mass is 10.1. The maximum Gasteiger partial charge on any atom is 0.262 e. The largest absolute Gasteiger partial charge is 0.868 e. The van der Waals surface area contributed by atoms with Crippen LogP contribution >= 0.6 is 12.2 Å². The molecule has 0 spiro atoms. The fourth-order valence-corrected chi connectivity index (χ4v) is 2.78. The maximum absolute atomic E-state index is 11.5. The summed E-state index contributed by atoms with van der Waals surface area (Å²) in [6.45, 7) is 4.02. The number of hydrogen-bond acceptors (Lipinski definition) is 7. The molecular formula is C18H16N5O4S-. The zero-order valence-electron chi connectivity index (χ0n) is 15.1. The van der Waals surface area contributed by atoms with Gasteiger partial charge in [0, 0.05) is 11.6 Å². The predicted octanol–water partition coefficient (Wildman–Crippen LogP) is 3.00. The Kier molecular flexibility index (Phi) is 5.50. The average Bonchev–Trinajstić information content (AvgIpc) is 3.00. The number of benzene rings is 2. The van der Waals surface area contributed by atoms with E-state index in [0.29, 0.717) is 11.4 Å². The zero-order chi connectivity index (χ0) is 20.3. The molecule has 10 heteroatoms. The fraction of sp³-hybridized carbons (Fsp3) is 0.167. The van der Waals surface area contributed by atoms with E-state index in [0.717, 1.165) is 29.0 Å². The van der Waals surface area contributed by atoms with Crippen molar-refractivity contribution < 1.29 is 14.8 Å². The van der Waals surface area contributed by atoms with Gasteiger partial charge in [-0.25, -0.2) is 5.10 Å². The molecule has 0 aliphatic carbocycles. The monoisotopic (exact) mass is 398 g/mol. The Labute approximate surface area is 165 Å². The van der Waals surface area contributed by atoms with Crippen molar-refractivity contribution in [2.24, 2.45) is 5.10 Å². The van der Waals surface area contributed by atoms with Crippen LogP contribution in [-0.2, 0) is 6.61 Å². The van der Waals surface area contributed by atoms with E-state index < -0.39 is 16.4 Å². The van der Waals surface area contributed by atoms with Crippen LogP contribution in [0.4, 0.5) is 5.69 Å². The van der Waals surface area contributed by atoms with Gasteiger partial charge in [0.25, 0.3) is 5.69 Å². The van der Waals surface area contributed by atoms with Gasteiger partial charge in [-0.15, -0.1) is 0 Å². The van der Waals surface area contributed by atoms with Crippen molar-refractivity contribution in [1.82, 2.24) is 14.9 Å². The number of rotatable bonds is 6. The van der Waals surface area contributed by atoms with E-state index in [-0.39, 0.29) is 11.4 Å². The van der Waals surface area contributed by atoms with E-state index in [1.54, 1.807) is 0 Å². The first-order valence-corrected chi connectivity index (χ1v) is 8.62. The summed E-state index contributed by atoms with van der Waals surface area (Å²) < 4.78 is 7.47. The van der Waals surface area contributed by atoms with Crippen molar-refractivity contribution in [3.8, 4) is 11.5 Å². The van der Waals surface area contributed by atoms with E-state index in [4.69, 9.17) is 17.0 Å². The zero-order valence-corrected chi connectivity index (χ0v) is 15.9. The van der Waals surface area contributed by atoms with Crippen LogP contribution in [0.2, 0.25) is 0 Å². The quantitative estimate of drug-likeness (QED) is 0.295. The van der Waals surface area contributed by atoms with Gasteiger partial charge in [-0.1, -0.05) is 30.3 Å². The summed E-state index contributed by atoms with van der Waals surface area (Å²) in [5, 5.41) is 33.4. The summed E-state index contributed by atoms with van der Waals surface area (Å²) in [5.74, 6) is 0.525. The van der Waals surface area contributed by atoms with Gasteiger partial charge in [-0.3, -0.25) is 10.1 Å². The van der Waals surface area contributed by atoms with Crippen LogP contribution < -0.4 is 9.84 Å². The molecule has 1 heterocycles. The van der Waals surface area contributed by atoms with Crippen molar-refractivity contribution in [1.29, 1.82) is 0 Å². The molecule has 1 N–H and O–H groups in total. The molecule has 3 aromatic rings. The standard InChI is InChI=1S/C18H17N5O4S/c1-11-4-3-5-12(2)17(11)27-10-16-20-21-18(28)22(16)19-9-13-6-7-15(24)14(8-13)23(25)26/h3-9,24H,10H2,1-2H3,(H,21,28)/p-1/b19-9-. The third-order valence-electron chi connectivity index (χ3n) is 3.97. The summed E-state index contributed by atoms with van der Waals surface area (Å²) in [7, 11) is 0. The number of nitro benzene ring substituents is 1. The molecule has 0 aliphatic rings. The van der Waals surface area contributed by atoms with Crippen molar-refractivity contribution in [3.63, 3.8) is 0 Å². The van der Waals surface area contributed by atoms with Gasteiger partial charge >= 0.3 is 0 Å². The Hall–Kier alpha value is -3.53. The third-order valence-corrected chi connectivity index (χ3v) is 4.24. The summed E-state index contributed by atoms with van der Waals surface area (Å²) >= 11 is 5.18. The van der Waals surface area contributed by atoms with Crippen LogP contribution in [-0.4, -0.2) is 26.0 Å². The van der Waals surface area contributed by atoms with E-state index in [1.807, 2.05) is 32.0 Å². The number of ether oxygens (including phenoxy) is 1. The molecule has 0 radical (unpaired) electrons. The first kappa shape index (κ1) is 19.2. The lowest BCUT2D eigenvalue weighted by molar-refractivity contribution is -0.398. The van der Waals surface area contributed by atoms with Gasteiger partial charge in [0.2, 0.25) is 4.77 Å². The topological polar surface area (TPSA) is 121 Å². The first-order chi connectivity index (χ1) is 13.4. The number of aryl methyl sites for hydroxylation is 2. The first-order valence-electron chi connectivity index (χ1n) is 8.22.